The summed E-state index contributed by atoms with van der Waals surface area (Å²) in [4.78, 5) is 14.1. The molecular formula is C15H26N4O2. The monoisotopic (exact) mass is 294 g/mol. The van der Waals surface area contributed by atoms with E-state index in [-0.39, 0.29) is 12.0 Å². The van der Waals surface area contributed by atoms with Crippen molar-refractivity contribution in [3.63, 3.8) is 0 Å². The summed E-state index contributed by atoms with van der Waals surface area (Å²) in [6.07, 6.45) is 1.45. The number of ether oxygens (including phenoxy) is 1. The number of aryl methyl sites for hydroxylation is 3. The summed E-state index contributed by atoms with van der Waals surface area (Å²) < 4.78 is 7.58. The van der Waals surface area contributed by atoms with Gasteiger partial charge in [-0.2, -0.15) is 5.10 Å². The number of hydrogen-bond acceptors (Lipinski definition) is 4. The lowest BCUT2D eigenvalue weighted by atomic mass is 10.2. The van der Waals surface area contributed by atoms with E-state index >= 15 is 0 Å². The molecule has 1 atom stereocenters. The maximum Gasteiger partial charge on any atom is 0.220 e. The van der Waals surface area contributed by atoms with Crippen molar-refractivity contribution in [3.8, 4) is 0 Å². The predicted molar refractivity (Wildman–Crippen MR) is 81.2 cm³/mol. The molecule has 2 heterocycles. The molecule has 118 valence electrons. The van der Waals surface area contributed by atoms with Crippen molar-refractivity contribution in [2.45, 2.75) is 39.3 Å². The van der Waals surface area contributed by atoms with E-state index in [0.717, 1.165) is 44.0 Å². The Labute approximate surface area is 126 Å². The van der Waals surface area contributed by atoms with Gasteiger partial charge in [0, 0.05) is 38.3 Å². The molecule has 1 aromatic heterocycles. The first kappa shape index (κ1) is 16.0. The van der Waals surface area contributed by atoms with Gasteiger partial charge in [0.25, 0.3) is 0 Å². The summed E-state index contributed by atoms with van der Waals surface area (Å²) in [5.74, 6) is 0.0911. The topological polar surface area (TPSA) is 59.4 Å². The van der Waals surface area contributed by atoms with E-state index in [0.29, 0.717) is 13.0 Å². The maximum atomic E-state index is 11.8. The lowest BCUT2D eigenvalue weighted by molar-refractivity contribution is -0.122. The molecule has 0 aromatic carbocycles. The second kappa shape index (κ2) is 7.56. The van der Waals surface area contributed by atoms with Gasteiger partial charge in [-0.1, -0.05) is 0 Å². The normalized spacial score (nSPS) is 19.7. The van der Waals surface area contributed by atoms with Crippen LogP contribution in [0.5, 0.6) is 0 Å². The van der Waals surface area contributed by atoms with Crippen LogP contribution in [0.25, 0.3) is 0 Å². The van der Waals surface area contributed by atoms with Crippen LogP contribution in [0.1, 0.15) is 24.2 Å². The number of nitrogens with one attached hydrogen (secondary N) is 1. The Bertz CT molecular complexity index is 472. The second-order valence-corrected chi connectivity index (χ2v) is 5.81. The Balaban J connectivity index is 1.62. The number of hydrogen-bond donors (Lipinski definition) is 1. The summed E-state index contributed by atoms with van der Waals surface area (Å²) in [5.41, 5.74) is 2.17. The molecule has 0 spiro atoms. The standard InChI is InChI=1S/C15H26N4O2/c1-12-9-13(2)19(17-12)6-4-5-15(20)16-10-14-11-18(3)7-8-21-14/h9,14H,4-8,10-11H2,1-3H3,(H,16,20)/t14-/m1/s1. The second-order valence-electron chi connectivity index (χ2n) is 5.81. The zero-order chi connectivity index (χ0) is 15.2. The smallest absolute Gasteiger partial charge is 0.220 e. The number of aromatic nitrogens is 2. The van der Waals surface area contributed by atoms with Crippen molar-refractivity contribution in [2.75, 3.05) is 33.3 Å². The van der Waals surface area contributed by atoms with E-state index in [9.17, 15) is 4.79 Å². The molecule has 0 saturated carbocycles. The quantitative estimate of drug-likeness (QED) is 0.840. The zero-order valence-corrected chi connectivity index (χ0v) is 13.3. The molecule has 6 heteroatoms. The first-order valence-corrected chi connectivity index (χ1v) is 7.62. The van der Waals surface area contributed by atoms with Crippen LogP contribution in [-0.4, -0.2) is 60.0 Å². The number of amides is 1. The fraction of sp³-hybridized carbons (Fsp3) is 0.733. The fourth-order valence-electron chi connectivity index (χ4n) is 2.60. The van der Waals surface area contributed by atoms with Crippen LogP contribution in [0.4, 0.5) is 0 Å². The van der Waals surface area contributed by atoms with Crippen LogP contribution >= 0.6 is 0 Å². The Morgan fingerprint density at radius 1 is 1.52 bits per heavy atom. The molecule has 1 N–H and O–H groups in total. The van der Waals surface area contributed by atoms with Crippen LogP contribution in [0.3, 0.4) is 0 Å². The van der Waals surface area contributed by atoms with Crippen LogP contribution in [-0.2, 0) is 16.1 Å². The lowest BCUT2D eigenvalue weighted by Gasteiger charge is -2.30. The molecule has 1 amide bonds. The van der Waals surface area contributed by atoms with Crippen molar-refractivity contribution < 1.29 is 9.53 Å². The zero-order valence-electron chi connectivity index (χ0n) is 13.3. The minimum Gasteiger partial charge on any atom is -0.374 e. The maximum absolute atomic E-state index is 11.8. The number of morpholine rings is 1. The highest BCUT2D eigenvalue weighted by Gasteiger charge is 2.18. The molecule has 1 saturated heterocycles. The molecular weight excluding hydrogens is 268 g/mol. The van der Waals surface area contributed by atoms with Gasteiger partial charge >= 0.3 is 0 Å². The lowest BCUT2D eigenvalue weighted by Crippen LogP contribution is -2.45. The summed E-state index contributed by atoms with van der Waals surface area (Å²) in [6, 6.07) is 2.05. The van der Waals surface area contributed by atoms with Gasteiger partial charge in [0.1, 0.15) is 0 Å². The summed E-state index contributed by atoms with van der Waals surface area (Å²) in [7, 11) is 2.08. The van der Waals surface area contributed by atoms with Gasteiger partial charge in [-0.25, -0.2) is 0 Å². The van der Waals surface area contributed by atoms with Crippen LogP contribution in [0, 0.1) is 13.8 Å². The highest BCUT2D eigenvalue weighted by Crippen LogP contribution is 2.04. The molecule has 0 bridgehead atoms. The van der Waals surface area contributed by atoms with Gasteiger partial charge in [0.15, 0.2) is 0 Å². The van der Waals surface area contributed by atoms with Gasteiger partial charge in [-0.05, 0) is 33.4 Å². The third kappa shape index (κ3) is 5.13. The van der Waals surface area contributed by atoms with Gasteiger partial charge in [0.05, 0.1) is 18.4 Å². The fourth-order valence-corrected chi connectivity index (χ4v) is 2.60. The van der Waals surface area contributed by atoms with Crippen molar-refractivity contribution >= 4 is 5.91 Å². The van der Waals surface area contributed by atoms with E-state index < -0.39 is 0 Å². The highest BCUT2D eigenvalue weighted by molar-refractivity contribution is 5.75. The van der Waals surface area contributed by atoms with Crippen LogP contribution in [0.15, 0.2) is 6.07 Å². The Kier molecular flexibility index (Phi) is 5.76. The van der Waals surface area contributed by atoms with Crippen LogP contribution in [0.2, 0.25) is 0 Å². The molecule has 21 heavy (non-hydrogen) atoms. The average Bonchev–Trinajstić information content (AvgIpc) is 2.75. The predicted octanol–water partition coefficient (Wildman–Crippen LogP) is 0.727. The molecule has 0 aliphatic carbocycles. The largest absolute Gasteiger partial charge is 0.374 e. The molecule has 1 fully saturated rings. The summed E-state index contributed by atoms with van der Waals surface area (Å²) >= 11 is 0. The minimum atomic E-state index is 0.0911. The van der Waals surface area contributed by atoms with E-state index in [2.05, 4.69) is 28.4 Å². The van der Waals surface area contributed by atoms with Crippen molar-refractivity contribution in [1.82, 2.24) is 20.0 Å². The van der Waals surface area contributed by atoms with Gasteiger partial charge in [-0.3, -0.25) is 9.48 Å². The highest BCUT2D eigenvalue weighted by atomic mass is 16.5. The third-order valence-electron chi connectivity index (χ3n) is 3.75. The number of rotatable bonds is 6. The van der Waals surface area contributed by atoms with Gasteiger partial charge in [0.2, 0.25) is 5.91 Å². The van der Waals surface area contributed by atoms with Crippen molar-refractivity contribution in [3.05, 3.63) is 17.5 Å². The molecule has 1 aliphatic heterocycles. The van der Waals surface area contributed by atoms with Crippen molar-refractivity contribution in [1.29, 1.82) is 0 Å². The number of likely N-dealkylation sites (N-methyl/N-ethyl adjacent to an activating group) is 1. The van der Waals surface area contributed by atoms with E-state index in [1.165, 1.54) is 0 Å². The van der Waals surface area contributed by atoms with Crippen molar-refractivity contribution in [2.24, 2.45) is 0 Å². The summed E-state index contributed by atoms with van der Waals surface area (Å²) in [5, 5.41) is 7.35. The minimum absolute atomic E-state index is 0.0911. The molecule has 0 unspecified atom stereocenters. The number of carbonyl (C=O) groups is 1. The van der Waals surface area contributed by atoms with Crippen LogP contribution < -0.4 is 5.32 Å². The Morgan fingerprint density at radius 3 is 3.00 bits per heavy atom. The molecule has 1 aliphatic rings. The Morgan fingerprint density at radius 2 is 2.33 bits per heavy atom. The molecule has 0 radical (unpaired) electrons. The van der Waals surface area contributed by atoms with Gasteiger partial charge < -0.3 is 15.0 Å². The first-order valence-electron chi connectivity index (χ1n) is 7.62. The molecule has 2 rings (SSSR count). The molecule has 1 aromatic rings. The van der Waals surface area contributed by atoms with E-state index in [1.807, 2.05) is 18.5 Å². The third-order valence-corrected chi connectivity index (χ3v) is 3.75. The number of nitrogens with zero attached hydrogens (tertiary/aromatic N) is 3. The summed E-state index contributed by atoms with van der Waals surface area (Å²) in [6.45, 7) is 8.00. The van der Waals surface area contributed by atoms with Gasteiger partial charge in [-0.15, -0.1) is 0 Å². The Hall–Kier alpha value is -1.40. The van der Waals surface area contributed by atoms with E-state index in [4.69, 9.17) is 4.74 Å². The number of carbonyl (C=O) groups excluding carboxylic acids is 1. The van der Waals surface area contributed by atoms with E-state index in [1.54, 1.807) is 0 Å². The first-order chi connectivity index (χ1) is 10.0. The average molecular weight is 294 g/mol. The SMILES string of the molecule is Cc1cc(C)n(CCCC(=O)NC[C@@H]2CN(C)CCO2)n1. The molecule has 6 nitrogen and oxygen atoms in total.